The minimum Gasteiger partial charge on any atom is -0.485 e. The molecule has 1 saturated carbocycles. The van der Waals surface area contributed by atoms with Gasteiger partial charge in [0.25, 0.3) is 18.2 Å². The molecule has 4 aromatic rings. The number of primary amides is 1. The second kappa shape index (κ2) is 10.2. The summed E-state index contributed by atoms with van der Waals surface area (Å²) in [5, 5.41) is 3.20. The molecule has 7 nitrogen and oxygen atoms in total. The van der Waals surface area contributed by atoms with Gasteiger partial charge < -0.3 is 20.2 Å². The summed E-state index contributed by atoms with van der Waals surface area (Å²) in [6.07, 6.45) is -1.09. The number of nitrogens with zero attached hydrogens (tertiary/aromatic N) is 1. The first-order valence-electron chi connectivity index (χ1n) is 12.3. The lowest BCUT2D eigenvalue weighted by molar-refractivity contribution is 0.0992. The van der Waals surface area contributed by atoms with Crippen LogP contribution in [-0.4, -0.2) is 16.8 Å². The quantitative estimate of drug-likeness (QED) is 0.237. The van der Waals surface area contributed by atoms with Crippen LogP contribution in [-0.2, 0) is 6.61 Å². The third-order valence-corrected chi connectivity index (χ3v) is 7.56. The Morgan fingerprint density at radius 2 is 1.97 bits per heavy atom. The number of hydrogen-bond acceptors (Lipinski definition) is 6. The molecule has 2 amide bonds. The Balaban J connectivity index is 1.41. The topological polar surface area (TPSA) is 107 Å². The van der Waals surface area contributed by atoms with E-state index >= 15 is 0 Å². The lowest BCUT2D eigenvalue weighted by Crippen LogP contribution is -2.16. The molecule has 3 N–H and O–H groups in total. The first kappa shape index (κ1) is 25.8. The predicted octanol–water partition coefficient (Wildman–Crippen LogP) is 7.07. The molecule has 1 aliphatic rings. The van der Waals surface area contributed by atoms with Crippen LogP contribution in [0.4, 0.5) is 14.5 Å². The molecular weight excluding hydrogens is 512 g/mol. The van der Waals surface area contributed by atoms with E-state index in [1.807, 2.05) is 25.1 Å². The molecule has 1 fully saturated rings. The fraction of sp³-hybridized carbons (Fsp3) is 0.321. The normalized spacial score (nSPS) is 13.4. The van der Waals surface area contributed by atoms with Gasteiger partial charge in [-0.3, -0.25) is 9.59 Å². The van der Waals surface area contributed by atoms with Crippen LogP contribution in [0.2, 0.25) is 0 Å². The van der Waals surface area contributed by atoms with Gasteiger partial charge in [-0.15, -0.1) is 11.3 Å². The van der Waals surface area contributed by atoms with Crippen molar-refractivity contribution in [1.29, 1.82) is 0 Å². The fourth-order valence-corrected chi connectivity index (χ4v) is 5.43. The maximum absolute atomic E-state index is 13.5. The lowest BCUT2D eigenvalue weighted by atomic mass is 10.0. The average Bonchev–Trinajstić information content (AvgIpc) is 3.49. The molecule has 3 aromatic heterocycles. The molecule has 0 bridgehead atoms. The number of pyridine rings is 1. The summed E-state index contributed by atoms with van der Waals surface area (Å²) >= 11 is 0.891. The number of amides is 2. The third kappa shape index (κ3) is 5.13. The third-order valence-electron chi connectivity index (χ3n) is 6.46. The van der Waals surface area contributed by atoms with E-state index in [4.69, 9.17) is 14.9 Å². The molecule has 3 heterocycles. The summed E-state index contributed by atoms with van der Waals surface area (Å²) in [6, 6.07) is 10.5. The number of fused-ring (bicyclic) bond motifs is 1. The van der Waals surface area contributed by atoms with Gasteiger partial charge in [-0.05, 0) is 72.6 Å². The summed E-state index contributed by atoms with van der Waals surface area (Å²) in [4.78, 5) is 29.7. The number of aryl methyl sites for hydroxylation is 1. The van der Waals surface area contributed by atoms with Gasteiger partial charge in [-0.1, -0.05) is 26.0 Å². The fourth-order valence-electron chi connectivity index (χ4n) is 4.41. The van der Waals surface area contributed by atoms with E-state index in [1.165, 1.54) is 12.1 Å². The molecule has 1 aromatic carbocycles. The van der Waals surface area contributed by atoms with Crippen LogP contribution in [0.25, 0.3) is 10.2 Å². The van der Waals surface area contributed by atoms with Crippen molar-refractivity contribution in [2.45, 2.75) is 58.5 Å². The standard InChI is InChI=1S/C28H27F2N3O4S/c1-13(2)17-8-4-14(3)10-21(17)36-12-16-7-9-20(37-16)27(35)33-23-22-18(15-5-6-15)11-19(25(29)30)32-28(22)38-24(23)26(31)34/h4,7-11,13,15,25H,5-6,12H2,1-3H3,(H2,31,34)(H,33,35). The van der Waals surface area contributed by atoms with Crippen molar-refractivity contribution in [2.75, 3.05) is 5.32 Å². The largest absolute Gasteiger partial charge is 0.485 e. The number of carbonyl (C=O) groups is 2. The molecular formula is C28H27F2N3O4S. The second-order valence-corrected chi connectivity index (χ2v) is 10.8. The number of nitrogens with two attached hydrogens (primary N) is 1. The second-order valence-electron chi connectivity index (χ2n) is 9.77. The minimum atomic E-state index is -2.76. The molecule has 38 heavy (non-hydrogen) atoms. The maximum Gasteiger partial charge on any atom is 0.291 e. The van der Waals surface area contributed by atoms with E-state index < -0.39 is 18.2 Å². The number of carbonyl (C=O) groups excluding carboxylic acids is 2. The zero-order chi connectivity index (χ0) is 27.1. The zero-order valence-electron chi connectivity index (χ0n) is 21.1. The number of thiophene rings is 1. The average molecular weight is 540 g/mol. The molecule has 5 rings (SSSR count). The van der Waals surface area contributed by atoms with Crippen molar-refractivity contribution in [3.05, 3.63) is 75.2 Å². The molecule has 0 unspecified atom stereocenters. The van der Waals surface area contributed by atoms with Crippen molar-refractivity contribution < 1.29 is 27.5 Å². The summed E-state index contributed by atoms with van der Waals surface area (Å²) < 4.78 is 38.7. The smallest absolute Gasteiger partial charge is 0.291 e. The highest BCUT2D eigenvalue weighted by atomic mass is 32.1. The Hall–Kier alpha value is -3.79. The van der Waals surface area contributed by atoms with Crippen LogP contribution in [0.15, 0.2) is 40.8 Å². The Bertz CT molecular complexity index is 1540. The predicted molar refractivity (Wildman–Crippen MR) is 141 cm³/mol. The number of ether oxygens (including phenoxy) is 1. The number of rotatable bonds is 9. The van der Waals surface area contributed by atoms with E-state index in [9.17, 15) is 18.4 Å². The molecule has 198 valence electrons. The van der Waals surface area contributed by atoms with Gasteiger partial charge in [-0.25, -0.2) is 13.8 Å². The van der Waals surface area contributed by atoms with Crippen LogP contribution < -0.4 is 15.8 Å². The number of furan rings is 1. The monoisotopic (exact) mass is 539 g/mol. The van der Waals surface area contributed by atoms with Gasteiger partial charge in [0.05, 0.1) is 5.69 Å². The van der Waals surface area contributed by atoms with Crippen molar-refractivity contribution in [2.24, 2.45) is 5.73 Å². The Labute approximate surface area is 222 Å². The van der Waals surface area contributed by atoms with Crippen LogP contribution in [0.5, 0.6) is 5.75 Å². The van der Waals surface area contributed by atoms with Gasteiger partial charge >= 0.3 is 0 Å². The van der Waals surface area contributed by atoms with Crippen molar-refractivity contribution in [3.63, 3.8) is 0 Å². The van der Waals surface area contributed by atoms with E-state index in [1.54, 1.807) is 6.07 Å². The van der Waals surface area contributed by atoms with Crippen molar-refractivity contribution >= 4 is 39.1 Å². The van der Waals surface area contributed by atoms with Crippen LogP contribution >= 0.6 is 11.3 Å². The van der Waals surface area contributed by atoms with Crippen LogP contribution in [0, 0.1) is 6.92 Å². The van der Waals surface area contributed by atoms with Gasteiger partial charge in [0.1, 0.15) is 33.5 Å². The molecule has 10 heteroatoms. The number of benzene rings is 1. The van der Waals surface area contributed by atoms with E-state index in [0.29, 0.717) is 16.7 Å². The number of nitrogens with one attached hydrogen (secondary N) is 1. The van der Waals surface area contributed by atoms with Crippen molar-refractivity contribution in [1.82, 2.24) is 4.98 Å². The maximum atomic E-state index is 13.5. The van der Waals surface area contributed by atoms with Crippen LogP contribution in [0.3, 0.4) is 0 Å². The number of anilines is 1. The Morgan fingerprint density at radius 1 is 1.21 bits per heavy atom. The molecule has 0 radical (unpaired) electrons. The molecule has 0 spiro atoms. The zero-order valence-corrected chi connectivity index (χ0v) is 22.0. The van der Waals surface area contributed by atoms with Gasteiger partial charge in [-0.2, -0.15) is 0 Å². The number of hydrogen-bond donors (Lipinski definition) is 2. The summed E-state index contributed by atoms with van der Waals surface area (Å²) in [5.41, 5.74) is 8.16. The van der Waals surface area contributed by atoms with E-state index in [-0.39, 0.29) is 45.3 Å². The number of aromatic nitrogens is 1. The molecule has 1 aliphatic carbocycles. The SMILES string of the molecule is Cc1ccc(C(C)C)c(OCc2ccc(C(=O)Nc3c(C(N)=O)sc4nc(C(F)F)cc(C5CC5)c34)o2)c1. The lowest BCUT2D eigenvalue weighted by Gasteiger charge is -2.14. The Morgan fingerprint density at radius 3 is 2.63 bits per heavy atom. The summed E-state index contributed by atoms with van der Waals surface area (Å²) in [6.45, 7) is 6.27. The summed E-state index contributed by atoms with van der Waals surface area (Å²) in [5.74, 6) is 0.161. The first-order valence-corrected chi connectivity index (χ1v) is 13.1. The number of halogens is 2. The highest BCUT2D eigenvalue weighted by molar-refractivity contribution is 7.21. The van der Waals surface area contributed by atoms with Crippen molar-refractivity contribution in [3.8, 4) is 5.75 Å². The Kier molecular flexibility index (Phi) is 6.92. The minimum absolute atomic E-state index is 0.0110. The van der Waals surface area contributed by atoms with Crippen LogP contribution in [0.1, 0.15) is 93.3 Å². The number of alkyl halides is 2. The highest BCUT2D eigenvalue weighted by Gasteiger charge is 2.32. The first-order chi connectivity index (χ1) is 18.1. The van der Waals surface area contributed by atoms with Gasteiger partial charge in [0.15, 0.2) is 5.76 Å². The molecule has 0 atom stereocenters. The molecule has 0 aliphatic heterocycles. The van der Waals surface area contributed by atoms with Gasteiger partial charge in [0, 0.05) is 5.39 Å². The highest BCUT2D eigenvalue weighted by Crippen LogP contribution is 2.48. The summed E-state index contributed by atoms with van der Waals surface area (Å²) in [7, 11) is 0. The molecule has 0 saturated heterocycles. The van der Waals surface area contributed by atoms with Gasteiger partial charge in [0.2, 0.25) is 0 Å². The van der Waals surface area contributed by atoms with E-state index in [2.05, 4.69) is 24.1 Å². The van der Waals surface area contributed by atoms with E-state index in [0.717, 1.165) is 41.1 Å².